The number of nitrogens with zero attached hydrogens (tertiary/aromatic N) is 3. The average molecular weight is 328 g/mol. The van der Waals surface area contributed by atoms with Gasteiger partial charge in [-0.3, -0.25) is 9.67 Å². The second-order valence-corrected chi connectivity index (χ2v) is 5.32. The summed E-state index contributed by atoms with van der Waals surface area (Å²) in [5.74, 6) is -1.54. The molecule has 0 amide bonds. The molecular formula is C12H11BrFN3O2. The molecule has 7 heteroatoms. The number of hydrogen-bond donors (Lipinski definition) is 1. The molecule has 0 unspecified atom stereocenters. The van der Waals surface area contributed by atoms with Crippen LogP contribution >= 0.6 is 15.9 Å². The third-order valence-corrected chi connectivity index (χ3v) is 3.33. The third-order valence-electron chi connectivity index (χ3n) is 2.75. The summed E-state index contributed by atoms with van der Waals surface area (Å²) in [5.41, 5.74) is -0.881. The molecule has 0 fully saturated rings. The summed E-state index contributed by atoms with van der Waals surface area (Å²) >= 11 is 3.25. The SMILES string of the molecule is CC(C)(C(=O)O)n1cc(Br)c(-c2ncccc2F)n1. The van der Waals surface area contributed by atoms with Gasteiger partial charge in [0.25, 0.3) is 0 Å². The van der Waals surface area contributed by atoms with E-state index >= 15 is 0 Å². The number of carbonyl (C=O) groups is 1. The lowest BCUT2D eigenvalue weighted by atomic mass is 10.1. The van der Waals surface area contributed by atoms with Gasteiger partial charge in [-0.1, -0.05) is 0 Å². The molecule has 0 spiro atoms. The molecule has 100 valence electrons. The first kappa shape index (κ1) is 13.7. The normalized spacial score (nSPS) is 11.6. The fraction of sp³-hybridized carbons (Fsp3) is 0.250. The van der Waals surface area contributed by atoms with Crippen LogP contribution in [0.15, 0.2) is 29.0 Å². The van der Waals surface area contributed by atoms with Crippen LogP contribution in [0.5, 0.6) is 0 Å². The first-order chi connectivity index (χ1) is 8.84. The highest BCUT2D eigenvalue weighted by Gasteiger charge is 2.31. The molecule has 2 aromatic rings. The van der Waals surface area contributed by atoms with E-state index in [9.17, 15) is 9.18 Å². The molecule has 2 rings (SSSR count). The van der Waals surface area contributed by atoms with Crippen LogP contribution in [0.3, 0.4) is 0 Å². The van der Waals surface area contributed by atoms with Crippen LogP contribution in [0, 0.1) is 5.82 Å². The quantitative estimate of drug-likeness (QED) is 0.941. The van der Waals surface area contributed by atoms with E-state index in [4.69, 9.17) is 5.11 Å². The number of pyridine rings is 1. The first-order valence-corrected chi connectivity index (χ1v) is 6.23. The Hall–Kier alpha value is -1.76. The summed E-state index contributed by atoms with van der Waals surface area (Å²) < 4.78 is 15.4. The topological polar surface area (TPSA) is 68.0 Å². The van der Waals surface area contributed by atoms with E-state index in [1.54, 1.807) is 0 Å². The van der Waals surface area contributed by atoms with Gasteiger partial charge in [0, 0.05) is 12.4 Å². The van der Waals surface area contributed by atoms with Crippen LogP contribution in [0.2, 0.25) is 0 Å². The highest BCUT2D eigenvalue weighted by atomic mass is 79.9. The van der Waals surface area contributed by atoms with Crippen molar-refractivity contribution in [1.82, 2.24) is 14.8 Å². The molecular weight excluding hydrogens is 317 g/mol. The van der Waals surface area contributed by atoms with Gasteiger partial charge in [0.2, 0.25) is 0 Å². The summed E-state index contributed by atoms with van der Waals surface area (Å²) in [4.78, 5) is 15.1. The number of aromatic nitrogens is 3. The zero-order chi connectivity index (χ0) is 14.2. The van der Waals surface area contributed by atoms with Crippen molar-refractivity contribution in [3.05, 3.63) is 34.8 Å². The Balaban J connectivity index is 2.55. The minimum Gasteiger partial charge on any atom is -0.479 e. The van der Waals surface area contributed by atoms with E-state index in [0.717, 1.165) is 0 Å². The molecule has 0 aliphatic carbocycles. The minimum absolute atomic E-state index is 0.0781. The lowest BCUT2D eigenvalue weighted by Gasteiger charge is -2.19. The molecule has 2 heterocycles. The van der Waals surface area contributed by atoms with Crippen LogP contribution < -0.4 is 0 Å². The zero-order valence-corrected chi connectivity index (χ0v) is 11.8. The fourth-order valence-electron chi connectivity index (χ4n) is 1.46. The Labute approximate surface area is 117 Å². The van der Waals surface area contributed by atoms with E-state index in [1.165, 1.54) is 43.1 Å². The van der Waals surface area contributed by atoms with Crippen molar-refractivity contribution < 1.29 is 14.3 Å². The zero-order valence-electron chi connectivity index (χ0n) is 10.3. The number of aliphatic carboxylic acids is 1. The Kier molecular flexibility index (Phi) is 3.40. The first-order valence-electron chi connectivity index (χ1n) is 5.44. The van der Waals surface area contributed by atoms with Crippen molar-refractivity contribution in [2.75, 3.05) is 0 Å². The van der Waals surface area contributed by atoms with E-state index in [2.05, 4.69) is 26.0 Å². The lowest BCUT2D eigenvalue weighted by Crippen LogP contribution is -2.36. The number of carboxylic acid groups (broad SMARTS) is 1. The number of rotatable bonds is 3. The molecule has 0 saturated heterocycles. The molecule has 0 radical (unpaired) electrons. The number of halogens is 2. The third kappa shape index (κ3) is 2.37. The lowest BCUT2D eigenvalue weighted by molar-refractivity contribution is -0.146. The van der Waals surface area contributed by atoms with E-state index < -0.39 is 17.3 Å². The molecule has 19 heavy (non-hydrogen) atoms. The average Bonchev–Trinajstić information content (AvgIpc) is 2.72. The molecule has 2 aromatic heterocycles. The summed E-state index contributed by atoms with van der Waals surface area (Å²) in [6.45, 7) is 3.01. The predicted molar refractivity (Wildman–Crippen MR) is 70.1 cm³/mol. The molecule has 0 aromatic carbocycles. The van der Waals surface area contributed by atoms with Crippen LogP contribution in [-0.4, -0.2) is 25.8 Å². The molecule has 0 saturated carbocycles. The van der Waals surface area contributed by atoms with Gasteiger partial charge in [-0.2, -0.15) is 5.10 Å². The van der Waals surface area contributed by atoms with Crippen molar-refractivity contribution in [1.29, 1.82) is 0 Å². The van der Waals surface area contributed by atoms with Crippen LogP contribution in [0.4, 0.5) is 4.39 Å². The maximum atomic E-state index is 13.7. The molecule has 0 atom stereocenters. The summed E-state index contributed by atoms with van der Waals surface area (Å²) in [5, 5.41) is 13.3. The summed E-state index contributed by atoms with van der Waals surface area (Å²) in [6.07, 6.45) is 2.95. The Morgan fingerprint density at radius 2 is 2.16 bits per heavy atom. The fourth-order valence-corrected chi connectivity index (χ4v) is 1.92. The smallest absolute Gasteiger partial charge is 0.331 e. The number of hydrogen-bond acceptors (Lipinski definition) is 3. The molecule has 1 N–H and O–H groups in total. The second kappa shape index (κ2) is 4.73. The van der Waals surface area contributed by atoms with Gasteiger partial charge < -0.3 is 5.11 Å². The Bertz CT molecular complexity index is 640. The van der Waals surface area contributed by atoms with Gasteiger partial charge in [0.1, 0.15) is 11.4 Å². The predicted octanol–water partition coefficient (Wildman–Crippen LogP) is 2.67. The van der Waals surface area contributed by atoms with Crippen molar-refractivity contribution in [2.45, 2.75) is 19.4 Å². The van der Waals surface area contributed by atoms with Crippen molar-refractivity contribution in [3.8, 4) is 11.4 Å². The minimum atomic E-state index is -1.23. The van der Waals surface area contributed by atoms with Crippen molar-refractivity contribution >= 4 is 21.9 Å². The van der Waals surface area contributed by atoms with E-state index in [0.29, 0.717) is 4.47 Å². The monoisotopic (exact) mass is 327 g/mol. The maximum absolute atomic E-state index is 13.7. The standard InChI is InChI=1S/C12H11BrFN3O2/c1-12(2,11(18)19)17-6-7(13)9(16-17)10-8(14)4-3-5-15-10/h3-6H,1-2H3,(H,18,19). The Morgan fingerprint density at radius 1 is 1.47 bits per heavy atom. The van der Waals surface area contributed by atoms with E-state index in [1.807, 2.05) is 0 Å². The number of carboxylic acids is 1. The molecule has 0 aliphatic rings. The van der Waals surface area contributed by atoms with Crippen LogP contribution in [-0.2, 0) is 10.3 Å². The summed E-state index contributed by atoms with van der Waals surface area (Å²) in [7, 11) is 0. The van der Waals surface area contributed by atoms with Crippen LogP contribution in [0.25, 0.3) is 11.4 Å². The highest BCUT2D eigenvalue weighted by Crippen LogP contribution is 2.29. The van der Waals surface area contributed by atoms with Gasteiger partial charge in [-0.05, 0) is 41.9 Å². The summed E-state index contributed by atoms with van der Waals surface area (Å²) in [6, 6.07) is 2.75. The molecule has 5 nitrogen and oxygen atoms in total. The van der Waals surface area contributed by atoms with Gasteiger partial charge >= 0.3 is 5.97 Å². The molecule has 0 bridgehead atoms. The Morgan fingerprint density at radius 3 is 2.74 bits per heavy atom. The molecule has 0 aliphatic heterocycles. The van der Waals surface area contributed by atoms with Gasteiger partial charge in [-0.25, -0.2) is 9.18 Å². The van der Waals surface area contributed by atoms with Crippen molar-refractivity contribution in [3.63, 3.8) is 0 Å². The van der Waals surface area contributed by atoms with E-state index in [-0.39, 0.29) is 11.4 Å². The van der Waals surface area contributed by atoms with Gasteiger partial charge in [0.05, 0.1) is 4.47 Å². The van der Waals surface area contributed by atoms with Crippen molar-refractivity contribution in [2.24, 2.45) is 0 Å². The maximum Gasteiger partial charge on any atom is 0.331 e. The highest BCUT2D eigenvalue weighted by molar-refractivity contribution is 9.10. The van der Waals surface area contributed by atoms with Crippen LogP contribution in [0.1, 0.15) is 13.8 Å². The van der Waals surface area contributed by atoms with Gasteiger partial charge in [-0.15, -0.1) is 0 Å². The largest absolute Gasteiger partial charge is 0.479 e. The van der Waals surface area contributed by atoms with Gasteiger partial charge in [0.15, 0.2) is 11.4 Å². The second-order valence-electron chi connectivity index (χ2n) is 4.47.